The Morgan fingerprint density at radius 3 is 2.42 bits per heavy atom. The van der Waals surface area contributed by atoms with Crippen molar-refractivity contribution in [3.05, 3.63) is 65.7 Å². The van der Waals surface area contributed by atoms with E-state index in [2.05, 4.69) is 34.5 Å². The molecule has 0 aliphatic carbocycles. The van der Waals surface area contributed by atoms with Gasteiger partial charge < -0.3 is 10.2 Å². The van der Waals surface area contributed by atoms with Crippen molar-refractivity contribution in [2.45, 2.75) is 18.9 Å². The number of nitrogens with zero attached hydrogens (tertiary/aromatic N) is 2. The van der Waals surface area contributed by atoms with Crippen LogP contribution in [0.15, 0.2) is 54.6 Å². The third-order valence-electron chi connectivity index (χ3n) is 5.23. The molecule has 0 spiro atoms. The highest BCUT2D eigenvalue weighted by Gasteiger charge is 2.34. The minimum Gasteiger partial charge on any atom is -0.340 e. The highest BCUT2D eigenvalue weighted by Crippen LogP contribution is 2.33. The van der Waals surface area contributed by atoms with Gasteiger partial charge >= 0.3 is 0 Å². The van der Waals surface area contributed by atoms with E-state index in [0.717, 1.165) is 30.9 Å². The van der Waals surface area contributed by atoms with Crippen LogP contribution in [0.3, 0.4) is 0 Å². The summed E-state index contributed by atoms with van der Waals surface area (Å²) in [4.78, 5) is 29.3. The van der Waals surface area contributed by atoms with Crippen molar-refractivity contribution < 1.29 is 9.59 Å². The second kappa shape index (κ2) is 7.30. The molecule has 2 heterocycles. The smallest absolute Gasteiger partial charge is 0.230 e. The first-order chi connectivity index (χ1) is 12.7. The molecule has 2 aliphatic heterocycles. The van der Waals surface area contributed by atoms with Crippen LogP contribution in [0, 0.1) is 0 Å². The summed E-state index contributed by atoms with van der Waals surface area (Å²) in [6, 6.07) is 18.0. The number of rotatable bonds is 3. The van der Waals surface area contributed by atoms with Crippen LogP contribution in [0.5, 0.6) is 0 Å². The van der Waals surface area contributed by atoms with E-state index in [1.54, 1.807) is 0 Å². The van der Waals surface area contributed by atoms with Crippen LogP contribution in [0.25, 0.3) is 0 Å². The molecule has 0 radical (unpaired) electrons. The fraction of sp³-hybridized carbons (Fsp3) is 0.333. The number of piperazine rings is 1. The molecule has 5 heteroatoms. The molecule has 0 saturated carbocycles. The minimum absolute atomic E-state index is 0.0756. The molecule has 26 heavy (non-hydrogen) atoms. The molecule has 5 nitrogen and oxygen atoms in total. The Kier molecular flexibility index (Phi) is 4.71. The maximum Gasteiger partial charge on any atom is 0.230 e. The Bertz CT molecular complexity index is 798. The zero-order valence-corrected chi connectivity index (χ0v) is 14.7. The van der Waals surface area contributed by atoms with Crippen molar-refractivity contribution >= 4 is 17.5 Å². The number of fused-ring (bicyclic) bond motifs is 1. The Balaban J connectivity index is 1.40. The van der Waals surface area contributed by atoms with Crippen LogP contribution >= 0.6 is 0 Å². The van der Waals surface area contributed by atoms with Crippen molar-refractivity contribution in [2.75, 3.05) is 31.5 Å². The molecule has 0 bridgehead atoms. The minimum atomic E-state index is -0.361. The number of benzene rings is 2. The van der Waals surface area contributed by atoms with Crippen LogP contribution in [-0.2, 0) is 16.1 Å². The first kappa shape index (κ1) is 16.8. The van der Waals surface area contributed by atoms with Crippen LogP contribution in [0.1, 0.15) is 23.5 Å². The molecule has 134 valence electrons. The zero-order chi connectivity index (χ0) is 17.9. The summed E-state index contributed by atoms with van der Waals surface area (Å²) in [5, 5.41) is 2.86. The number of nitrogens with one attached hydrogen (secondary N) is 1. The highest BCUT2D eigenvalue weighted by molar-refractivity contribution is 6.01. The van der Waals surface area contributed by atoms with Crippen LogP contribution in [0.2, 0.25) is 0 Å². The van der Waals surface area contributed by atoms with Crippen molar-refractivity contribution in [2.24, 2.45) is 0 Å². The van der Waals surface area contributed by atoms with Gasteiger partial charge in [0.1, 0.15) is 0 Å². The number of carbonyl (C=O) groups excluding carboxylic acids is 2. The largest absolute Gasteiger partial charge is 0.340 e. The topological polar surface area (TPSA) is 52.7 Å². The van der Waals surface area contributed by atoms with Gasteiger partial charge in [0, 0.05) is 44.8 Å². The molecule has 1 saturated heterocycles. The van der Waals surface area contributed by atoms with Gasteiger partial charge in [-0.3, -0.25) is 14.5 Å². The van der Waals surface area contributed by atoms with E-state index in [0.29, 0.717) is 13.1 Å². The fourth-order valence-electron chi connectivity index (χ4n) is 3.82. The van der Waals surface area contributed by atoms with E-state index >= 15 is 0 Å². The van der Waals surface area contributed by atoms with Crippen molar-refractivity contribution in [3.8, 4) is 0 Å². The lowest BCUT2D eigenvalue weighted by Crippen LogP contribution is -2.50. The van der Waals surface area contributed by atoms with E-state index < -0.39 is 0 Å². The lowest BCUT2D eigenvalue weighted by Gasteiger charge is -2.37. The average Bonchev–Trinajstić information content (AvgIpc) is 2.68. The summed E-state index contributed by atoms with van der Waals surface area (Å²) >= 11 is 0. The summed E-state index contributed by atoms with van der Waals surface area (Å²) in [6.45, 7) is 4.07. The lowest BCUT2D eigenvalue weighted by atomic mass is 9.89. The number of hydrogen-bond acceptors (Lipinski definition) is 3. The normalized spacial score (nSPS) is 20.4. The molecular formula is C21H23N3O2. The maximum absolute atomic E-state index is 13.1. The summed E-state index contributed by atoms with van der Waals surface area (Å²) < 4.78 is 0. The van der Waals surface area contributed by atoms with E-state index in [1.807, 2.05) is 35.2 Å². The Labute approximate surface area is 153 Å². The third kappa shape index (κ3) is 3.48. The molecule has 1 fully saturated rings. The molecule has 1 atom stereocenters. The van der Waals surface area contributed by atoms with Crippen molar-refractivity contribution in [1.82, 2.24) is 9.80 Å². The Morgan fingerprint density at radius 1 is 0.962 bits per heavy atom. The quantitative estimate of drug-likeness (QED) is 0.926. The summed E-state index contributed by atoms with van der Waals surface area (Å²) in [5.41, 5.74) is 3.00. The molecule has 1 N–H and O–H groups in total. The van der Waals surface area contributed by atoms with Gasteiger partial charge in [-0.15, -0.1) is 0 Å². The molecule has 2 aromatic rings. The summed E-state index contributed by atoms with van der Waals surface area (Å²) in [5.74, 6) is -0.364. The van der Waals surface area contributed by atoms with Gasteiger partial charge in [-0.05, 0) is 17.2 Å². The van der Waals surface area contributed by atoms with Crippen LogP contribution < -0.4 is 5.32 Å². The molecule has 1 unspecified atom stereocenters. The van der Waals surface area contributed by atoms with Crippen molar-refractivity contribution in [1.29, 1.82) is 0 Å². The maximum atomic E-state index is 13.1. The second-order valence-corrected chi connectivity index (χ2v) is 6.98. The first-order valence-corrected chi connectivity index (χ1v) is 9.14. The molecule has 2 aromatic carbocycles. The van der Waals surface area contributed by atoms with Crippen molar-refractivity contribution in [3.63, 3.8) is 0 Å². The third-order valence-corrected chi connectivity index (χ3v) is 5.23. The summed E-state index contributed by atoms with van der Waals surface area (Å²) in [6.07, 6.45) is 0.236. The zero-order valence-electron chi connectivity index (χ0n) is 14.7. The fourth-order valence-corrected chi connectivity index (χ4v) is 3.82. The van der Waals surface area contributed by atoms with Gasteiger partial charge in [0.05, 0.1) is 5.92 Å². The number of para-hydroxylation sites is 1. The molecule has 2 aliphatic rings. The number of anilines is 1. The van der Waals surface area contributed by atoms with Crippen LogP contribution in [-0.4, -0.2) is 47.8 Å². The second-order valence-electron chi connectivity index (χ2n) is 6.98. The molecular weight excluding hydrogens is 326 g/mol. The number of hydrogen-bond donors (Lipinski definition) is 1. The monoisotopic (exact) mass is 349 g/mol. The van der Waals surface area contributed by atoms with Gasteiger partial charge in [-0.2, -0.15) is 0 Å². The van der Waals surface area contributed by atoms with Crippen LogP contribution in [0.4, 0.5) is 5.69 Å². The van der Waals surface area contributed by atoms with Gasteiger partial charge in [-0.25, -0.2) is 0 Å². The molecule has 2 amide bonds. The van der Waals surface area contributed by atoms with E-state index in [9.17, 15) is 9.59 Å². The standard InChI is InChI=1S/C21H23N3O2/c25-20-14-18(17-8-4-5-9-19(17)22-20)21(26)24-12-10-23(11-13-24)15-16-6-2-1-3-7-16/h1-9,18H,10-15H2,(H,22,25). The van der Waals surface area contributed by atoms with E-state index in [4.69, 9.17) is 0 Å². The highest BCUT2D eigenvalue weighted by atomic mass is 16.2. The molecule has 0 aromatic heterocycles. The summed E-state index contributed by atoms with van der Waals surface area (Å²) in [7, 11) is 0. The predicted octanol–water partition coefficient (Wildman–Crippen LogP) is 2.46. The van der Waals surface area contributed by atoms with E-state index in [1.165, 1.54) is 5.56 Å². The SMILES string of the molecule is O=C1CC(C(=O)N2CCN(Cc3ccccc3)CC2)c2ccccc2N1. The Hall–Kier alpha value is -2.66. The van der Waals surface area contributed by atoms with E-state index in [-0.39, 0.29) is 24.2 Å². The lowest BCUT2D eigenvalue weighted by molar-refractivity contribution is -0.136. The average molecular weight is 349 g/mol. The van der Waals surface area contributed by atoms with Gasteiger partial charge in [0.2, 0.25) is 11.8 Å². The predicted molar refractivity (Wildman–Crippen MR) is 101 cm³/mol. The van der Waals surface area contributed by atoms with Gasteiger partial charge in [0.25, 0.3) is 0 Å². The van der Waals surface area contributed by atoms with Gasteiger partial charge in [-0.1, -0.05) is 48.5 Å². The first-order valence-electron chi connectivity index (χ1n) is 9.14. The number of carbonyl (C=O) groups is 2. The number of amides is 2. The van der Waals surface area contributed by atoms with Gasteiger partial charge in [0.15, 0.2) is 0 Å². The molecule has 4 rings (SSSR count). The Morgan fingerprint density at radius 2 is 1.65 bits per heavy atom.